The van der Waals surface area contributed by atoms with E-state index < -0.39 is 5.41 Å². The number of hydrogen-bond donors (Lipinski definition) is 0. The van der Waals surface area contributed by atoms with Gasteiger partial charge in [-0.25, -0.2) is 0 Å². The van der Waals surface area contributed by atoms with Gasteiger partial charge in [-0.1, -0.05) is 26.0 Å². The third-order valence-corrected chi connectivity index (χ3v) is 9.05. The molecule has 4 heteroatoms. The zero-order valence-electron chi connectivity index (χ0n) is 17.6. The van der Waals surface area contributed by atoms with Gasteiger partial charge in [0, 0.05) is 24.7 Å². The summed E-state index contributed by atoms with van der Waals surface area (Å²) < 4.78 is 5.58. The zero-order chi connectivity index (χ0) is 20.3. The van der Waals surface area contributed by atoms with Crippen molar-refractivity contribution in [1.29, 1.82) is 0 Å². The summed E-state index contributed by atoms with van der Waals surface area (Å²) in [5.74, 6) is 1.28. The molecule has 0 unspecified atom stereocenters. The lowest BCUT2D eigenvalue weighted by molar-refractivity contribution is -0.191. The lowest BCUT2D eigenvalue weighted by Gasteiger charge is -2.66. The molecule has 0 radical (unpaired) electrons. The molecular formula is C24H34O4. The van der Waals surface area contributed by atoms with Crippen molar-refractivity contribution >= 4 is 17.5 Å². The van der Waals surface area contributed by atoms with Gasteiger partial charge in [-0.15, -0.1) is 0 Å². The molecule has 0 aromatic carbocycles. The van der Waals surface area contributed by atoms with Crippen LogP contribution in [0.25, 0.3) is 0 Å². The van der Waals surface area contributed by atoms with Crippen LogP contribution >= 0.6 is 0 Å². The van der Waals surface area contributed by atoms with Crippen molar-refractivity contribution in [3.05, 3.63) is 12.2 Å². The molecule has 0 saturated heterocycles. The number of allylic oxidation sites excluding steroid dienone is 1. The van der Waals surface area contributed by atoms with E-state index in [1.165, 1.54) is 5.57 Å². The Balaban J connectivity index is 1.65. The molecular weight excluding hydrogens is 352 g/mol. The molecule has 2 bridgehead atoms. The number of ether oxygens (including phenoxy) is 1. The number of rotatable bonds is 4. The fourth-order valence-electron chi connectivity index (χ4n) is 7.52. The highest BCUT2D eigenvalue weighted by molar-refractivity contribution is 5.90. The van der Waals surface area contributed by atoms with Crippen LogP contribution in [0.5, 0.6) is 0 Å². The Morgan fingerprint density at radius 1 is 1.18 bits per heavy atom. The lowest BCUT2D eigenvalue weighted by Crippen LogP contribution is -2.65. The summed E-state index contributed by atoms with van der Waals surface area (Å²) in [4.78, 5) is 38.2. The maximum atomic E-state index is 13.1. The molecule has 28 heavy (non-hydrogen) atoms. The topological polar surface area (TPSA) is 60.4 Å². The third kappa shape index (κ3) is 2.59. The second-order valence-electron chi connectivity index (χ2n) is 10.5. The summed E-state index contributed by atoms with van der Waals surface area (Å²) in [5.41, 5.74) is 0.333. The summed E-state index contributed by atoms with van der Waals surface area (Å²) in [6.07, 6.45) is 6.81. The van der Waals surface area contributed by atoms with E-state index in [0.717, 1.165) is 38.5 Å². The minimum atomic E-state index is -0.630. The quantitative estimate of drug-likeness (QED) is 0.521. The average Bonchev–Trinajstić information content (AvgIpc) is 2.64. The van der Waals surface area contributed by atoms with Gasteiger partial charge in [0.05, 0.1) is 5.41 Å². The summed E-state index contributed by atoms with van der Waals surface area (Å²) in [7, 11) is 0. The van der Waals surface area contributed by atoms with Crippen LogP contribution in [0.4, 0.5) is 0 Å². The first kappa shape index (κ1) is 19.8. The number of carbonyl (C=O) groups excluding carboxylic acids is 3. The number of ketones is 2. The highest BCUT2D eigenvalue weighted by Gasteiger charge is 2.68. The molecule has 0 heterocycles. The molecule has 5 aliphatic carbocycles. The van der Waals surface area contributed by atoms with Gasteiger partial charge < -0.3 is 4.74 Å². The molecule has 5 aliphatic rings. The highest BCUT2D eigenvalue weighted by Crippen LogP contribution is 2.70. The minimum absolute atomic E-state index is 0.0485. The van der Waals surface area contributed by atoms with E-state index in [4.69, 9.17) is 4.74 Å². The van der Waals surface area contributed by atoms with Crippen molar-refractivity contribution in [1.82, 2.24) is 0 Å². The van der Waals surface area contributed by atoms with Crippen molar-refractivity contribution in [3.63, 3.8) is 0 Å². The first-order valence-corrected chi connectivity index (χ1v) is 11.1. The Hall–Kier alpha value is -1.45. The molecule has 0 aliphatic heterocycles. The van der Waals surface area contributed by atoms with Crippen molar-refractivity contribution in [2.24, 2.45) is 34.0 Å². The highest BCUT2D eigenvalue weighted by atomic mass is 16.5. The van der Waals surface area contributed by atoms with Crippen LogP contribution in [0, 0.1) is 34.0 Å². The van der Waals surface area contributed by atoms with Crippen LogP contribution in [-0.2, 0) is 19.1 Å². The van der Waals surface area contributed by atoms with Crippen molar-refractivity contribution in [2.75, 3.05) is 6.61 Å². The third-order valence-electron chi connectivity index (χ3n) is 9.05. The minimum Gasteiger partial charge on any atom is -0.465 e. The van der Waals surface area contributed by atoms with Gasteiger partial charge >= 0.3 is 5.97 Å². The van der Waals surface area contributed by atoms with Gasteiger partial charge in [0.1, 0.15) is 18.2 Å². The van der Waals surface area contributed by atoms with Crippen LogP contribution in [0.15, 0.2) is 12.2 Å². The van der Waals surface area contributed by atoms with E-state index in [1.807, 2.05) is 13.8 Å². The molecule has 154 valence electrons. The fraction of sp³-hybridized carbons (Fsp3) is 0.792. The summed E-state index contributed by atoms with van der Waals surface area (Å²) in [5, 5.41) is 0. The molecule has 0 aromatic heterocycles. The second-order valence-corrected chi connectivity index (χ2v) is 10.5. The molecule has 6 atom stereocenters. The molecule has 0 aromatic rings. The number of esters is 1. The Morgan fingerprint density at radius 3 is 2.64 bits per heavy atom. The van der Waals surface area contributed by atoms with Crippen LogP contribution in [-0.4, -0.2) is 24.1 Å². The number of Topliss-reactive ketones (excluding diaryl/α,β-unsaturated/α-hetero) is 2. The van der Waals surface area contributed by atoms with Gasteiger partial charge in [-0.05, 0) is 68.6 Å². The van der Waals surface area contributed by atoms with Crippen molar-refractivity contribution < 1.29 is 19.1 Å². The maximum absolute atomic E-state index is 13.1. The van der Waals surface area contributed by atoms with Crippen molar-refractivity contribution in [2.45, 2.75) is 78.6 Å². The molecule has 5 rings (SSSR count). The number of carbonyl (C=O) groups is 3. The second kappa shape index (κ2) is 6.53. The molecule has 5 saturated carbocycles. The molecule has 0 N–H and O–H groups in total. The number of fused-ring (bicyclic) bond motifs is 3. The van der Waals surface area contributed by atoms with E-state index in [2.05, 4.69) is 13.5 Å². The lowest BCUT2D eigenvalue weighted by atomic mass is 9.36. The van der Waals surface area contributed by atoms with Gasteiger partial charge in [0.2, 0.25) is 0 Å². The Labute approximate surface area is 168 Å². The summed E-state index contributed by atoms with van der Waals surface area (Å²) in [6.45, 7) is 10.8. The van der Waals surface area contributed by atoms with Gasteiger partial charge in [-0.2, -0.15) is 0 Å². The standard InChI is InChI=1S/C24H34O4/c1-5-6-21(27)28-14-23(4)17-7-10-24-13-15(2)16(12-20(24)26)11-18(24)22(17,3)9-8-19(23)25/h16-18H,2,5-14H2,1,3-4H3/t16-,17+,18+,22-,23+,24+/m1/s1. The molecule has 4 nitrogen and oxygen atoms in total. The van der Waals surface area contributed by atoms with Crippen LogP contribution in [0.3, 0.4) is 0 Å². The zero-order valence-corrected chi connectivity index (χ0v) is 17.6. The fourth-order valence-corrected chi connectivity index (χ4v) is 7.52. The monoisotopic (exact) mass is 386 g/mol. The van der Waals surface area contributed by atoms with E-state index in [9.17, 15) is 14.4 Å². The van der Waals surface area contributed by atoms with Gasteiger partial charge in [0.15, 0.2) is 0 Å². The van der Waals surface area contributed by atoms with Crippen molar-refractivity contribution in [3.8, 4) is 0 Å². The molecule has 0 amide bonds. The average molecular weight is 387 g/mol. The van der Waals surface area contributed by atoms with Crippen LogP contribution in [0.2, 0.25) is 0 Å². The van der Waals surface area contributed by atoms with E-state index in [-0.39, 0.29) is 35.1 Å². The smallest absolute Gasteiger partial charge is 0.305 e. The predicted octanol–water partition coefficient (Wildman–Crippen LogP) is 4.66. The first-order valence-electron chi connectivity index (χ1n) is 11.1. The predicted molar refractivity (Wildman–Crippen MR) is 106 cm³/mol. The van der Waals surface area contributed by atoms with E-state index in [0.29, 0.717) is 36.9 Å². The summed E-state index contributed by atoms with van der Waals surface area (Å²) >= 11 is 0. The van der Waals surface area contributed by atoms with Gasteiger partial charge in [0.25, 0.3) is 0 Å². The molecule has 1 spiro atoms. The Kier molecular flexibility index (Phi) is 4.63. The van der Waals surface area contributed by atoms with E-state index in [1.54, 1.807) is 0 Å². The maximum Gasteiger partial charge on any atom is 0.305 e. The largest absolute Gasteiger partial charge is 0.465 e. The van der Waals surface area contributed by atoms with Crippen LogP contribution < -0.4 is 0 Å². The van der Waals surface area contributed by atoms with E-state index >= 15 is 0 Å². The normalized spacial score (nSPS) is 44.8. The molecule has 5 fully saturated rings. The Morgan fingerprint density at radius 2 is 1.93 bits per heavy atom. The first-order chi connectivity index (χ1) is 13.2. The SMILES string of the molecule is C=C1C[C@@]23CC[C@H]4[C@@](C)(CCC(=O)[C@@]4(C)COC(=O)CCC)[C@@H]2C[C@@H]1CC3=O. The van der Waals surface area contributed by atoms with Gasteiger partial charge in [-0.3, -0.25) is 14.4 Å². The number of hydrogen-bond acceptors (Lipinski definition) is 4. The summed E-state index contributed by atoms with van der Waals surface area (Å²) in [6, 6.07) is 0. The van der Waals surface area contributed by atoms with Crippen LogP contribution in [0.1, 0.15) is 78.6 Å². The Bertz CT molecular complexity index is 739.